The molecule has 0 aliphatic heterocycles. The van der Waals surface area contributed by atoms with Gasteiger partial charge in [-0.15, -0.1) is 0 Å². The molecule has 0 radical (unpaired) electrons. The van der Waals surface area contributed by atoms with E-state index in [0.717, 1.165) is 6.42 Å². The number of benzene rings is 1. The topological polar surface area (TPSA) is 12.0 Å². The van der Waals surface area contributed by atoms with Crippen molar-refractivity contribution >= 4 is 27.3 Å². The average Bonchev–Trinajstić information content (AvgIpc) is 2.72. The second-order valence-electron chi connectivity index (χ2n) is 4.21. The molecule has 1 atom stereocenters. The van der Waals surface area contributed by atoms with Crippen LogP contribution in [0, 0.1) is 6.92 Å². The van der Waals surface area contributed by atoms with Crippen molar-refractivity contribution in [1.29, 1.82) is 0 Å². The third-order valence-electron chi connectivity index (χ3n) is 2.89. The summed E-state index contributed by atoms with van der Waals surface area (Å²) in [5.41, 5.74) is 4.04. The lowest BCUT2D eigenvalue weighted by atomic mass is 10.0. The lowest BCUT2D eigenvalue weighted by molar-refractivity contribution is 0.591. The fourth-order valence-corrected chi connectivity index (χ4v) is 3.61. The van der Waals surface area contributed by atoms with Gasteiger partial charge in [-0.05, 0) is 52.8 Å². The van der Waals surface area contributed by atoms with Gasteiger partial charge in [0.2, 0.25) is 0 Å². The number of nitrogens with one attached hydrogen (secondary N) is 1. The summed E-state index contributed by atoms with van der Waals surface area (Å²) in [6.07, 6.45) is 1.02. The Morgan fingerprint density at radius 3 is 2.76 bits per heavy atom. The van der Waals surface area contributed by atoms with Crippen LogP contribution in [0.25, 0.3) is 0 Å². The van der Waals surface area contributed by atoms with Crippen molar-refractivity contribution < 1.29 is 0 Å². The molecule has 1 unspecified atom stereocenters. The first-order valence-corrected chi connectivity index (χ1v) is 7.38. The van der Waals surface area contributed by atoms with Crippen LogP contribution in [0.4, 0.5) is 0 Å². The molecule has 1 N–H and O–H groups in total. The lowest BCUT2D eigenvalue weighted by Gasteiger charge is -2.16. The van der Waals surface area contributed by atoms with Crippen LogP contribution in [0.15, 0.2) is 39.5 Å². The van der Waals surface area contributed by atoms with Gasteiger partial charge in [0.05, 0.1) is 0 Å². The first kappa shape index (κ1) is 12.8. The molecule has 2 rings (SSSR count). The van der Waals surface area contributed by atoms with Crippen LogP contribution in [0.5, 0.6) is 0 Å². The second kappa shape index (κ2) is 5.80. The number of hydrogen-bond acceptors (Lipinski definition) is 2. The quantitative estimate of drug-likeness (QED) is 0.886. The lowest BCUT2D eigenvalue weighted by Crippen LogP contribution is -2.18. The first-order valence-electron chi connectivity index (χ1n) is 5.65. The predicted molar refractivity (Wildman–Crippen MR) is 78.7 cm³/mol. The van der Waals surface area contributed by atoms with E-state index in [9.17, 15) is 0 Å². The molecule has 0 bridgehead atoms. The summed E-state index contributed by atoms with van der Waals surface area (Å²) in [5.74, 6) is 0. The molecular formula is C14H16BrNS. The van der Waals surface area contributed by atoms with Crippen molar-refractivity contribution in [2.75, 3.05) is 7.05 Å². The summed E-state index contributed by atoms with van der Waals surface area (Å²) in [6, 6.07) is 9.08. The number of hydrogen-bond donors (Lipinski definition) is 1. The molecule has 1 aromatic heterocycles. The standard InChI is InChI=1S/C14H16BrNS/c1-10-4-3-5-11(6-10)7-14(16-2)12-8-17-9-13(12)15/h3-6,8-9,14,16H,7H2,1-2H3. The highest BCUT2D eigenvalue weighted by atomic mass is 79.9. The molecule has 0 aliphatic rings. The van der Waals surface area contributed by atoms with E-state index in [4.69, 9.17) is 0 Å². The molecule has 0 saturated carbocycles. The van der Waals surface area contributed by atoms with E-state index in [1.165, 1.54) is 21.2 Å². The number of aryl methyl sites for hydroxylation is 1. The summed E-state index contributed by atoms with van der Waals surface area (Å²) < 4.78 is 1.20. The SMILES string of the molecule is CNC(Cc1cccc(C)c1)c1cscc1Br. The van der Waals surface area contributed by atoms with E-state index >= 15 is 0 Å². The number of likely N-dealkylation sites (N-methyl/N-ethyl adjacent to an activating group) is 1. The average molecular weight is 310 g/mol. The number of halogens is 1. The Bertz CT molecular complexity index is 492. The Hall–Kier alpha value is -0.640. The molecule has 1 heterocycles. The van der Waals surface area contributed by atoms with Gasteiger partial charge in [-0.25, -0.2) is 0 Å². The van der Waals surface area contributed by atoms with E-state index in [0.29, 0.717) is 6.04 Å². The van der Waals surface area contributed by atoms with Gasteiger partial charge in [0.15, 0.2) is 0 Å². The summed E-state index contributed by atoms with van der Waals surface area (Å²) in [5, 5.41) is 7.73. The number of rotatable bonds is 4. The summed E-state index contributed by atoms with van der Waals surface area (Å²) in [4.78, 5) is 0. The summed E-state index contributed by atoms with van der Waals surface area (Å²) in [7, 11) is 2.02. The molecule has 1 nitrogen and oxygen atoms in total. The van der Waals surface area contributed by atoms with Gasteiger partial charge < -0.3 is 5.32 Å². The van der Waals surface area contributed by atoms with Gasteiger partial charge in [0.1, 0.15) is 0 Å². The van der Waals surface area contributed by atoms with Gasteiger partial charge in [0, 0.05) is 15.9 Å². The number of thiophene rings is 1. The zero-order chi connectivity index (χ0) is 12.3. The minimum atomic E-state index is 0.373. The monoisotopic (exact) mass is 309 g/mol. The van der Waals surface area contributed by atoms with Gasteiger partial charge in [0.25, 0.3) is 0 Å². The fraction of sp³-hybridized carbons (Fsp3) is 0.286. The van der Waals surface area contributed by atoms with Gasteiger partial charge in [-0.1, -0.05) is 29.8 Å². The third kappa shape index (κ3) is 3.18. The fourth-order valence-electron chi connectivity index (χ4n) is 1.98. The maximum absolute atomic E-state index is 3.61. The van der Waals surface area contributed by atoms with Crippen molar-refractivity contribution in [3.63, 3.8) is 0 Å². The highest BCUT2D eigenvalue weighted by Crippen LogP contribution is 2.29. The van der Waals surface area contributed by atoms with Gasteiger partial charge in [-0.3, -0.25) is 0 Å². The van der Waals surface area contributed by atoms with Crippen LogP contribution >= 0.6 is 27.3 Å². The second-order valence-corrected chi connectivity index (χ2v) is 5.81. The molecule has 17 heavy (non-hydrogen) atoms. The van der Waals surface area contributed by atoms with Crippen LogP contribution < -0.4 is 5.32 Å². The normalized spacial score (nSPS) is 12.6. The van der Waals surface area contributed by atoms with E-state index < -0.39 is 0 Å². The van der Waals surface area contributed by atoms with Crippen molar-refractivity contribution in [2.45, 2.75) is 19.4 Å². The van der Waals surface area contributed by atoms with Crippen LogP contribution in [-0.4, -0.2) is 7.05 Å². The molecule has 2 aromatic rings. The third-order valence-corrected chi connectivity index (χ3v) is 4.64. The zero-order valence-corrected chi connectivity index (χ0v) is 12.4. The van der Waals surface area contributed by atoms with Crippen LogP contribution in [0.2, 0.25) is 0 Å². The Morgan fingerprint density at radius 1 is 1.35 bits per heavy atom. The van der Waals surface area contributed by atoms with Gasteiger partial charge in [-0.2, -0.15) is 11.3 Å². The molecule has 1 aromatic carbocycles. The molecule has 0 fully saturated rings. The smallest absolute Gasteiger partial charge is 0.0377 e. The zero-order valence-electron chi connectivity index (χ0n) is 10.0. The van der Waals surface area contributed by atoms with Crippen molar-refractivity contribution in [3.05, 3.63) is 56.2 Å². The molecule has 0 amide bonds. The molecule has 3 heteroatoms. The predicted octanol–water partition coefficient (Wildman–Crippen LogP) is 4.32. The van der Waals surface area contributed by atoms with Crippen molar-refractivity contribution in [1.82, 2.24) is 5.32 Å². The Balaban J connectivity index is 2.19. The molecular weight excluding hydrogens is 294 g/mol. The maximum atomic E-state index is 3.61. The minimum Gasteiger partial charge on any atom is -0.313 e. The largest absolute Gasteiger partial charge is 0.313 e. The maximum Gasteiger partial charge on any atom is 0.0377 e. The minimum absolute atomic E-state index is 0.373. The van der Waals surface area contributed by atoms with Crippen molar-refractivity contribution in [2.24, 2.45) is 0 Å². The van der Waals surface area contributed by atoms with Crippen LogP contribution in [0.3, 0.4) is 0 Å². The Kier molecular flexibility index (Phi) is 4.37. The highest BCUT2D eigenvalue weighted by molar-refractivity contribution is 9.10. The van der Waals surface area contributed by atoms with E-state index in [1.807, 2.05) is 7.05 Å². The highest BCUT2D eigenvalue weighted by Gasteiger charge is 2.13. The molecule has 90 valence electrons. The van der Waals surface area contributed by atoms with Crippen molar-refractivity contribution in [3.8, 4) is 0 Å². The first-order chi connectivity index (χ1) is 8.20. The van der Waals surface area contributed by atoms with E-state index in [1.54, 1.807) is 11.3 Å². The Morgan fingerprint density at radius 2 is 2.18 bits per heavy atom. The van der Waals surface area contributed by atoms with Crippen LogP contribution in [-0.2, 0) is 6.42 Å². The Labute approximate surface area is 115 Å². The van der Waals surface area contributed by atoms with Gasteiger partial charge >= 0.3 is 0 Å². The van der Waals surface area contributed by atoms with E-state index in [2.05, 4.69) is 63.2 Å². The summed E-state index contributed by atoms with van der Waals surface area (Å²) >= 11 is 5.34. The van der Waals surface area contributed by atoms with Crippen LogP contribution in [0.1, 0.15) is 22.7 Å². The molecule has 0 saturated heterocycles. The van der Waals surface area contributed by atoms with E-state index in [-0.39, 0.29) is 0 Å². The molecule has 0 aliphatic carbocycles. The molecule has 0 spiro atoms. The summed E-state index contributed by atoms with van der Waals surface area (Å²) in [6.45, 7) is 2.14.